The standard InChI is InChI=1S/C21H24N2/c1-3-4-5-6-7-19-12-14-21(15-13-19)17-23-22-16-20-10-8-18(2)9-11-20/h4-5,8-17H,3,6-7H2,1-2H3/b5-4+,22-16+,23-17+. The van der Waals surface area contributed by atoms with Crippen LogP contribution in [0.5, 0.6) is 0 Å². The van der Waals surface area contributed by atoms with Gasteiger partial charge in [0.05, 0.1) is 12.4 Å². The van der Waals surface area contributed by atoms with Crippen LogP contribution in [0.15, 0.2) is 70.9 Å². The van der Waals surface area contributed by atoms with Crippen LogP contribution in [-0.4, -0.2) is 12.4 Å². The quantitative estimate of drug-likeness (QED) is 0.374. The van der Waals surface area contributed by atoms with Gasteiger partial charge < -0.3 is 0 Å². The molecule has 0 heterocycles. The average molecular weight is 304 g/mol. The Morgan fingerprint density at radius 2 is 1.35 bits per heavy atom. The van der Waals surface area contributed by atoms with Gasteiger partial charge in [0.2, 0.25) is 0 Å². The summed E-state index contributed by atoms with van der Waals surface area (Å²) >= 11 is 0. The summed E-state index contributed by atoms with van der Waals surface area (Å²) in [7, 11) is 0. The van der Waals surface area contributed by atoms with Gasteiger partial charge in [0.15, 0.2) is 0 Å². The zero-order valence-corrected chi connectivity index (χ0v) is 13.9. The van der Waals surface area contributed by atoms with Crippen LogP contribution in [0.4, 0.5) is 0 Å². The molecule has 0 N–H and O–H groups in total. The van der Waals surface area contributed by atoms with E-state index in [9.17, 15) is 0 Å². The molecule has 0 unspecified atom stereocenters. The number of nitrogens with zero attached hydrogens (tertiary/aromatic N) is 2. The molecule has 0 spiro atoms. The Morgan fingerprint density at radius 3 is 1.91 bits per heavy atom. The van der Waals surface area contributed by atoms with Crippen molar-refractivity contribution in [3.05, 3.63) is 82.9 Å². The Hall–Kier alpha value is -2.48. The van der Waals surface area contributed by atoms with Gasteiger partial charge in [-0.05, 0) is 42.9 Å². The van der Waals surface area contributed by atoms with Gasteiger partial charge in [-0.3, -0.25) is 0 Å². The van der Waals surface area contributed by atoms with E-state index >= 15 is 0 Å². The minimum absolute atomic E-state index is 1.06. The minimum Gasteiger partial charge on any atom is -0.159 e. The molecule has 0 aliphatic rings. The number of rotatable bonds is 7. The van der Waals surface area contributed by atoms with Gasteiger partial charge in [-0.25, -0.2) is 0 Å². The molecule has 0 fully saturated rings. The summed E-state index contributed by atoms with van der Waals surface area (Å²) in [5.74, 6) is 0. The number of hydrogen-bond acceptors (Lipinski definition) is 2. The van der Waals surface area contributed by atoms with Gasteiger partial charge in [0.25, 0.3) is 0 Å². The molecule has 0 aliphatic carbocycles. The predicted molar refractivity (Wildman–Crippen MR) is 101 cm³/mol. The second kappa shape index (κ2) is 9.52. The van der Waals surface area contributed by atoms with Crippen molar-refractivity contribution in [3.63, 3.8) is 0 Å². The van der Waals surface area contributed by atoms with E-state index in [1.165, 1.54) is 11.1 Å². The Labute approximate surface area is 139 Å². The zero-order chi connectivity index (χ0) is 16.3. The van der Waals surface area contributed by atoms with Gasteiger partial charge in [0, 0.05) is 0 Å². The molecular weight excluding hydrogens is 280 g/mol. The van der Waals surface area contributed by atoms with Gasteiger partial charge in [-0.1, -0.05) is 73.2 Å². The third kappa shape index (κ3) is 6.43. The third-order valence-electron chi connectivity index (χ3n) is 3.54. The highest BCUT2D eigenvalue weighted by Crippen LogP contribution is 2.06. The maximum absolute atomic E-state index is 4.11. The largest absolute Gasteiger partial charge is 0.159 e. The number of hydrogen-bond donors (Lipinski definition) is 0. The van der Waals surface area contributed by atoms with Crippen LogP contribution in [0.25, 0.3) is 0 Å². The lowest BCUT2D eigenvalue weighted by atomic mass is 10.1. The molecular formula is C21H24N2. The summed E-state index contributed by atoms with van der Waals surface area (Å²) in [6.07, 6.45) is 11.3. The Kier molecular flexibility index (Phi) is 6.99. The molecule has 0 amide bonds. The lowest BCUT2D eigenvalue weighted by molar-refractivity contribution is 0.992. The molecule has 2 aromatic rings. The van der Waals surface area contributed by atoms with E-state index in [-0.39, 0.29) is 0 Å². The summed E-state index contributed by atoms with van der Waals surface area (Å²) in [6.45, 7) is 4.23. The summed E-state index contributed by atoms with van der Waals surface area (Å²) < 4.78 is 0. The fourth-order valence-electron chi connectivity index (χ4n) is 2.16. The smallest absolute Gasteiger partial charge is 0.0568 e. The van der Waals surface area contributed by atoms with Crippen molar-refractivity contribution in [3.8, 4) is 0 Å². The lowest BCUT2D eigenvalue weighted by Crippen LogP contribution is -1.86. The van der Waals surface area contributed by atoms with E-state index in [0.717, 1.165) is 30.4 Å². The predicted octanol–water partition coefficient (Wildman–Crippen LogP) is 5.35. The highest BCUT2D eigenvalue weighted by Gasteiger charge is 1.92. The first-order chi connectivity index (χ1) is 11.3. The SMILES string of the molecule is CC/C=C/CCc1ccc(/C=N/N=C/c2ccc(C)cc2)cc1. The molecule has 23 heavy (non-hydrogen) atoms. The van der Waals surface area contributed by atoms with Crippen molar-refractivity contribution in [1.29, 1.82) is 0 Å². The monoisotopic (exact) mass is 304 g/mol. The van der Waals surface area contributed by atoms with Crippen molar-refractivity contribution >= 4 is 12.4 Å². The van der Waals surface area contributed by atoms with Gasteiger partial charge >= 0.3 is 0 Å². The molecule has 118 valence electrons. The third-order valence-corrected chi connectivity index (χ3v) is 3.54. The summed E-state index contributed by atoms with van der Waals surface area (Å²) in [4.78, 5) is 0. The maximum atomic E-state index is 4.11. The number of aryl methyl sites for hydroxylation is 2. The van der Waals surface area contributed by atoms with E-state index in [1.807, 2.05) is 12.1 Å². The van der Waals surface area contributed by atoms with E-state index < -0.39 is 0 Å². The Balaban J connectivity index is 1.85. The van der Waals surface area contributed by atoms with Crippen molar-refractivity contribution in [2.75, 3.05) is 0 Å². The fourth-order valence-corrected chi connectivity index (χ4v) is 2.16. The Bertz CT molecular complexity index is 662. The second-order valence-corrected chi connectivity index (χ2v) is 5.56. The molecule has 0 bridgehead atoms. The van der Waals surface area contributed by atoms with Gasteiger partial charge in [0.1, 0.15) is 0 Å². The molecule has 0 saturated heterocycles. The summed E-state index contributed by atoms with van der Waals surface area (Å²) in [5.41, 5.74) is 4.73. The van der Waals surface area contributed by atoms with E-state index in [0.29, 0.717) is 0 Å². The first kappa shape index (κ1) is 16.9. The van der Waals surface area contributed by atoms with Gasteiger partial charge in [-0.2, -0.15) is 10.2 Å². The molecule has 0 radical (unpaired) electrons. The molecule has 2 rings (SSSR count). The molecule has 2 nitrogen and oxygen atoms in total. The van der Waals surface area contributed by atoms with Crippen LogP contribution < -0.4 is 0 Å². The summed E-state index contributed by atoms with van der Waals surface area (Å²) in [5, 5.41) is 8.20. The summed E-state index contributed by atoms with van der Waals surface area (Å²) in [6, 6.07) is 16.7. The zero-order valence-electron chi connectivity index (χ0n) is 13.9. The molecule has 2 heteroatoms. The fraction of sp³-hybridized carbons (Fsp3) is 0.238. The highest BCUT2D eigenvalue weighted by atomic mass is 15.2. The van der Waals surface area contributed by atoms with E-state index in [4.69, 9.17) is 0 Å². The van der Waals surface area contributed by atoms with Crippen molar-refractivity contribution in [1.82, 2.24) is 0 Å². The van der Waals surface area contributed by atoms with Crippen molar-refractivity contribution in [2.45, 2.75) is 33.1 Å². The van der Waals surface area contributed by atoms with Crippen LogP contribution in [0.2, 0.25) is 0 Å². The Morgan fingerprint density at radius 1 is 0.783 bits per heavy atom. The molecule has 0 aromatic heterocycles. The molecule has 0 aliphatic heterocycles. The number of allylic oxidation sites excluding steroid dienone is 2. The van der Waals surface area contributed by atoms with Crippen LogP contribution in [0.1, 0.15) is 42.0 Å². The van der Waals surface area contributed by atoms with Gasteiger partial charge in [-0.15, -0.1) is 0 Å². The maximum Gasteiger partial charge on any atom is 0.0568 e. The van der Waals surface area contributed by atoms with Crippen LogP contribution >= 0.6 is 0 Å². The average Bonchev–Trinajstić information content (AvgIpc) is 2.58. The van der Waals surface area contributed by atoms with Crippen molar-refractivity contribution in [2.24, 2.45) is 10.2 Å². The highest BCUT2D eigenvalue weighted by molar-refractivity contribution is 5.82. The second-order valence-electron chi connectivity index (χ2n) is 5.56. The molecule has 0 saturated carbocycles. The topological polar surface area (TPSA) is 24.7 Å². The first-order valence-electron chi connectivity index (χ1n) is 8.15. The molecule has 0 atom stereocenters. The first-order valence-corrected chi connectivity index (χ1v) is 8.15. The minimum atomic E-state index is 1.06. The van der Waals surface area contributed by atoms with Crippen LogP contribution in [-0.2, 0) is 6.42 Å². The lowest BCUT2D eigenvalue weighted by Gasteiger charge is -1.99. The van der Waals surface area contributed by atoms with E-state index in [2.05, 4.69) is 72.6 Å². The van der Waals surface area contributed by atoms with Crippen LogP contribution in [0.3, 0.4) is 0 Å². The van der Waals surface area contributed by atoms with E-state index in [1.54, 1.807) is 12.4 Å². The van der Waals surface area contributed by atoms with Crippen LogP contribution in [0, 0.1) is 6.92 Å². The normalized spacial score (nSPS) is 11.9. The van der Waals surface area contributed by atoms with Crippen molar-refractivity contribution < 1.29 is 0 Å². The number of benzene rings is 2. The molecule has 2 aromatic carbocycles.